The maximum atomic E-state index is 13.4. The normalized spacial score (nSPS) is 11.6. The number of rotatable bonds is 4. The molecule has 0 bridgehead atoms. The Morgan fingerprint density at radius 1 is 1.03 bits per heavy atom. The molecule has 0 unspecified atom stereocenters. The molecule has 2 aromatic heterocycles. The lowest BCUT2D eigenvalue weighted by atomic mass is 10.2. The number of aromatic nitrogens is 3. The summed E-state index contributed by atoms with van der Waals surface area (Å²) in [7, 11) is 0. The van der Waals surface area contributed by atoms with Gasteiger partial charge in [0.05, 0.1) is 34.1 Å². The van der Waals surface area contributed by atoms with E-state index in [1.165, 1.54) is 18.3 Å². The Balaban J connectivity index is 1.59. The van der Waals surface area contributed by atoms with Crippen LogP contribution in [0.1, 0.15) is 21.6 Å². The van der Waals surface area contributed by atoms with Crippen molar-refractivity contribution in [2.24, 2.45) is 0 Å². The van der Waals surface area contributed by atoms with E-state index in [0.717, 1.165) is 35.8 Å². The van der Waals surface area contributed by atoms with Gasteiger partial charge in [0.25, 0.3) is 5.91 Å². The second-order valence-electron chi connectivity index (χ2n) is 6.64. The molecule has 0 aliphatic carbocycles. The molecule has 0 aliphatic rings. The third-order valence-corrected chi connectivity index (χ3v) is 5.23. The lowest BCUT2D eigenvalue weighted by Crippen LogP contribution is -2.14. The fraction of sp³-hybridized carbons (Fsp3) is 0.100. The van der Waals surface area contributed by atoms with E-state index >= 15 is 0 Å². The predicted molar refractivity (Wildman–Crippen MR) is 109 cm³/mol. The minimum Gasteiger partial charge on any atom is -0.329 e. The van der Waals surface area contributed by atoms with Gasteiger partial charge < -0.3 is 10.6 Å². The first-order chi connectivity index (χ1) is 15.1. The second-order valence-corrected chi connectivity index (χ2v) is 7.41. The van der Waals surface area contributed by atoms with Crippen molar-refractivity contribution in [2.45, 2.75) is 13.1 Å². The molecule has 0 atom stereocenters. The second kappa shape index (κ2) is 8.11. The van der Waals surface area contributed by atoms with E-state index < -0.39 is 29.3 Å². The third-order valence-electron chi connectivity index (χ3n) is 4.38. The Bertz CT molecular complexity index is 1340. The van der Waals surface area contributed by atoms with Crippen LogP contribution in [-0.4, -0.2) is 20.2 Å². The molecule has 0 saturated carbocycles. The average molecular weight is 465 g/mol. The minimum atomic E-state index is -4.50. The summed E-state index contributed by atoms with van der Waals surface area (Å²) >= 11 is 0.954. The standard InChI is InChI=1S/C20H12F5N5OS/c1-9-17(18(31)27-11-3-4-12(21)13(22)7-11)19(32-30-9)29-16-8-26-15-6-10(20(23,24)25)2-5-14(15)28-16/h2-8H,1H3,(H,27,31)(H,28,29). The fourth-order valence-corrected chi connectivity index (χ4v) is 3.65. The van der Waals surface area contributed by atoms with Crippen molar-refractivity contribution in [2.75, 3.05) is 10.6 Å². The molecule has 1 amide bonds. The van der Waals surface area contributed by atoms with Crippen LogP contribution < -0.4 is 10.6 Å². The van der Waals surface area contributed by atoms with Gasteiger partial charge >= 0.3 is 6.18 Å². The van der Waals surface area contributed by atoms with Crippen molar-refractivity contribution in [1.82, 2.24) is 14.3 Å². The number of nitrogens with one attached hydrogen (secondary N) is 2. The number of fused-ring (bicyclic) bond motifs is 1. The van der Waals surface area contributed by atoms with Crippen molar-refractivity contribution in [3.63, 3.8) is 0 Å². The molecule has 4 aromatic rings. The van der Waals surface area contributed by atoms with Crippen molar-refractivity contribution < 1.29 is 26.7 Å². The molecule has 12 heteroatoms. The van der Waals surface area contributed by atoms with E-state index in [2.05, 4.69) is 25.0 Å². The number of carbonyl (C=O) groups is 1. The average Bonchev–Trinajstić information content (AvgIpc) is 3.09. The van der Waals surface area contributed by atoms with Crippen LogP contribution in [0.25, 0.3) is 11.0 Å². The summed E-state index contributed by atoms with van der Waals surface area (Å²) in [5, 5.41) is 5.65. The molecular formula is C20H12F5N5OS. The third kappa shape index (κ3) is 4.35. The van der Waals surface area contributed by atoms with E-state index in [9.17, 15) is 26.7 Å². The molecule has 6 nitrogen and oxygen atoms in total. The molecular weight excluding hydrogens is 453 g/mol. The number of hydrogen-bond donors (Lipinski definition) is 2. The fourth-order valence-electron chi connectivity index (χ4n) is 2.85. The minimum absolute atomic E-state index is 0.0522. The van der Waals surface area contributed by atoms with Gasteiger partial charge in [-0.1, -0.05) is 0 Å². The van der Waals surface area contributed by atoms with Crippen LogP contribution in [-0.2, 0) is 6.18 Å². The van der Waals surface area contributed by atoms with E-state index in [-0.39, 0.29) is 28.1 Å². The zero-order valence-corrected chi connectivity index (χ0v) is 16.9. The summed E-state index contributed by atoms with van der Waals surface area (Å²) in [4.78, 5) is 20.9. The molecule has 0 aliphatic heterocycles. The van der Waals surface area contributed by atoms with Gasteiger partial charge in [0.15, 0.2) is 11.6 Å². The van der Waals surface area contributed by atoms with E-state index in [1.54, 1.807) is 6.92 Å². The summed E-state index contributed by atoms with van der Waals surface area (Å²) in [6, 6.07) is 5.94. The van der Waals surface area contributed by atoms with Crippen molar-refractivity contribution >= 4 is 45.0 Å². The number of carbonyl (C=O) groups excluding carboxylic acids is 1. The molecule has 164 valence electrons. The van der Waals surface area contributed by atoms with Gasteiger partial charge in [0.2, 0.25) is 0 Å². The van der Waals surface area contributed by atoms with Gasteiger partial charge in [-0.25, -0.2) is 13.8 Å². The first-order valence-electron chi connectivity index (χ1n) is 8.95. The topological polar surface area (TPSA) is 79.8 Å². The number of halogens is 5. The smallest absolute Gasteiger partial charge is 0.329 e. The van der Waals surface area contributed by atoms with Crippen LogP contribution in [0.3, 0.4) is 0 Å². The Kier molecular flexibility index (Phi) is 5.46. The molecule has 2 aromatic carbocycles. The van der Waals surface area contributed by atoms with E-state index in [4.69, 9.17) is 0 Å². The highest BCUT2D eigenvalue weighted by molar-refractivity contribution is 7.10. The highest BCUT2D eigenvalue weighted by Gasteiger charge is 2.30. The van der Waals surface area contributed by atoms with Crippen molar-refractivity contribution in [3.8, 4) is 0 Å². The number of benzene rings is 2. The molecule has 2 N–H and O–H groups in total. The van der Waals surface area contributed by atoms with Crippen molar-refractivity contribution in [1.29, 1.82) is 0 Å². The number of amides is 1. The number of nitrogens with zero attached hydrogens (tertiary/aromatic N) is 3. The Labute approximate surface area is 181 Å². The van der Waals surface area contributed by atoms with Crippen LogP contribution in [0, 0.1) is 18.6 Å². The number of anilines is 3. The summed E-state index contributed by atoms with van der Waals surface area (Å²) in [6.07, 6.45) is -3.27. The van der Waals surface area contributed by atoms with Crippen LogP contribution >= 0.6 is 11.5 Å². The van der Waals surface area contributed by atoms with Crippen molar-refractivity contribution in [3.05, 3.63) is 71.1 Å². The Morgan fingerprint density at radius 2 is 1.81 bits per heavy atom. The number of aryl methyl sites for hydroxylation is 1. The van der Waals surface area contributed by atoms with Gasteiger partial charge in [-0.15, -0.1) is 0 Å². The van der Waals surface area contributed by atoms with Gasteiger partial charge in [-0.3, -0.25) is 9.78 Å². The summed E-state index contributed by atoms with van der Waals surface area (Å²) in [6.45, 7) is 1.59. The SMILES string of the molecule is Cc1nsc(Nc2cnc3cc(C(F)(F)F)ccc3n2)c1C(=O)Nc1ccc(F)c(F)c1. The Morgan fingerprint density at radius 3 is 2.53 bits per heavy atom. The highest BCUT2D eigenvalue weighted by Crippen LogP contribution is 2.32. The van der Waals surface area contributed by atoms with Gasteiger partial charge in [-0.05, 0) is 48.8 Å². The molecule has 4 rings (SSSR count). The quantitative estimate of drug-likeness (QED) is 0.379. The summed E-state index contributed by atoms with van der Waals surface area (Å²) in [5.41, 5.74) is 0.0140. The number of hydrogen-bond acceptors (Lipinski definition) is 6. The van der Waals surface area contributed by atoms with Crippen LogP contribution in [0.5, 0.6) is 0 Å². The van der Waals surface area contributed by atoms with Gasteiger partial charge in [0, 0.05) is 11.8 Å². The largest absolute Gasteiger partial charge is 0.416 e. The maximum absolute atomic E-state index is 13.4. The van der Waals surface area contributed by atoms with E-state index in [0.29, 0.717) is 10.7 Å². The lowest BCUT2D eigenvalue weighted by molar-refractivity contribution is -0.137. The lowest BCUT2D eigenvalue weighted by Gasteiger charge is -2.10. The molecule has 0 saturated heterocycles. The maximum Gasteiger partial charge on any atom is 0.416 e. The first-order valence-corrected chi connectivity index (χ1v) is 9.73. The zero-order valence-electron chi connectivity index (χ0n) is 16.1. The number of alkyl halides is 3. The zero-order chi connectivity index (χ0) is 23.0. The molecule has 0 spiro atoms. The molecule has 32 heavy (non-hydrogen) atoms. The van der Waals surface area contributed by atoms with Crippen LogP contribution in [0.4, 0.5) is 38.5 Å². The predicted octanol–water partition coefficient (Wildman–Crippen LogP) is 5.69. The van der Waals surface area contributed by atoms with Crippen LogP contribution in [0.2, 0.25) is 0 Å². The molecule has 0 fully saturated rings. The summed E-state index contributed by atoms with van der Waals surface area (Å²) < 4.78 is 69.2. The monoisotopic (exact) mass is 465 g/mol. The molecule has 0 radical (unpaired) electrons. The molecule has 2 heterocycles. The van der Waals surface area contributed by atoms with Crippen LogP contribution in [0.15, 0.2) is 42.6 Å². The Hall–Kier alpha value is -3.67. The van der Waals surface area contributed by atoms with Gasteiger partial charge in [0.1, 0.15) is 10.8 Å². The van der Waals surface area contributed by atoms with E-state index in [1.807, 2.05) is 0 Å². The summed E-state index contributed by atoms with van der Waals surface area (Å²) in [5.74, 6) is -2.59. The van der Waals surface area contributed by atoms with Gasteiger partial charge in [-0.2, -0.15) is 17.5 Å². The first kappa shape index (κ1) is 21.6. The highest BCUT2D eigenvalue weighted by atomic mass is 32.1.